The minimum Gasteiger partial charge on any atom is -0.355 e. The fourth-order valence-corrected chi connectivity index (χ4v) is 27.1. The van der Waals surface area contributed by atoms with Crippen molar-refractivity contribution in [1.82, 2.24) is 0 Å². The lowest BCUT2D eigenvalue weighted by atomic mass is 10.1. The third-order valence-electron chi connectivity index (χ3n) is 7.68. The highest BCUT2D eigenvalue weighted by Crippen LogP contribution is 2.36. The van der Waals surface area contributed by atoms with Crippen LogP contribution in [-0.4, -0.2) is 170 Å². The average molecular weight is 899 g/mol. The fourth-order valence-electron chi connectivity index (χ4n) is 4.66. The van der Waals surface area contributed by atoms with Crippen molar-refractivity contribution in [3.63, 3.8) is 0 Å². The molecule has 0 aromatic heterocycles. The van der Waals surface area contributed by atoms with Crippen molar-refractivity contribution in [2.24, 2.45) is 0 Å². The van der Waals surface area contributed by atoms with E-state index in [1.807, 2.05) is 0 Å². The van der Waals surface area contributed by atoms with Gasteiger partial charge in [0.25, 0.3) is 0 Å². The van der Waals surface area contributed by atoms with Gasteiger partial charge in [-0.05, 0) is 6.42 Å². The van der Waals surface area contributed by atoms with E-state index in [0.717, 1.165) is 38.5 Å². The Kier molecular flexibility index (Phi) is 27.0. The van der Waals surface area contributed by atoms with E-state index in [0.29, 0.717) is 6.42 Å². The molecule has 0 saturated heterocycles. The predicted octanol–water partition coefficient (Wildman–Crippen LogP) is 2.48. The van der Waals surface area contributed by atoms with E-state index in [4.69, 9.17) is 91.1 Å². The Morgan fingerprint density at radius 3 is 0.660 bits per heavy atom. The highest BCUT2D eigenvalue weighted by atomic mass is 28.6. The summed E-state index contributed by atoms with van der Waals surface area (Å²) >= 11 is 0. The molecule has 0 spiro atoms. The molecule has 0 aliphatic rings. The van der Waals surface area contributed by atoms with E-state index in [1.54, 1.807) is 0 Å². The van der Waals surface area contributed by atoms with Crippen molar-refractivity contribution >= 4 is 63.1 Å². The Labute approximate surface area is 324 Å². The molecule has 0 heterocycles. The van der Waals surface area contributed by atoms with Crippen LogP contribution in [0.3, 0.4) is 0 Å². The second-order valence-corrected chi connectivity index (χ2v) is 29.5. The SMILES string of the molecule is CCCCCCCCCC[Si](O[Si](OC)(OC)O[Si](OC)(OC)OC)(O[Si](OC)(OC)O[Si](OC)(OC)OC)O[Si](OC)(OC)O[Si](OC)(OC)OC. The van der Waals surface area contributed by atoms with Crippen molar-refractivity contribution in [2.45, 2.75) is 64.3 Å². The summed E-state index contributed by atoms with van der Waals surface area (Å²) < 4.78 is 125. The van der Waals surface area contributed by atoms with Crippen LogP contribution in [0.5, 0.6) is 0 Å². The summed E-state index contributed by atoms with van der Waals surface area (Å²) in [5.41, 5.74) is 0. The standard InChI is InChI=1S/C25H66O21Si7/c1-17-18-19-20-21-22-23-24-25-47(41-51(35-11,36-12)44-48(26-2,27-3)28-4,42-52(37-13,38-14)45-49(29-5,30-6)31-7)43-53(39-15,40-16)46-50(32-8,33-9)34-10/h17-25H2,1-16H3. The first kappa shape index (κ1) is 53.7. The topological polar surface area (TPSA) is 194 Å². The van der Waals surface area contributed by atoms with Crippen LogP contribution in [0.1, 0.15) is 58.3 Å². The molecular formula is C25H66O21Si7. The van der Waals surface area contributed by atoms with Crippen LogP contribution >= 0.6 is 0 Å². The van der Waals surface area contributed by atoms with Gasteiger partial charge in [0.1, 0.15) is 0 Å². The summed E-state index contributed by atoms with van der Waals surface area (Å²) in [6.07, 6.45) is 7.66. The first-order valence-electron chi connectivity index (χ1n) is 16.7. The van der Waals surface area contributed by atoms with Gasteiger partial charge in [-0.15, -0.1) is 0 Å². The van der Waals surface area contributed by atoms with Gasteiger partial charge in [0.05, 0.1) is 0 Å². The molecule has 0 aliphatic heterocycles. The highest BCUT2D eigenvalue weighted by Gasteiger charge is 2.72. The molecule has 0 N–H and O–H groups in total. The molecule has 0 rings (SSSR count). The van der Waals surface area contributed by atoms with Gasteiger partial charge in [-0.25, -0.2) is 0 Å². The molecule has 0 aromatic rings. The van der Waals surface area contributed by atoms with Crippen LogP contribution in [0.4, 0.5) is 0 Å². The largest absolute Gasteiger partial charge is 0.673 e. The van der Waals surface area contributed by atoms with Crippen molar-refractivity contribution in [2.75, 3.05) is 107 Å². The monoisotopic (exact) mass is 898 g/mol. The maximum Gasteiger partial charge on any atom is 0.673 e. The summed E-state index contributed by atoms with van der Waals surface area (Å²) in [5, 5.41) is 0. The van der Waals surface area contributed by atoms with Gasteiger partial charge in [-0.2, -0.15) is 0 Å². The molecule has 0 aromatic carbocycles. The van der Waals surface area contributed by atoms with Gasteiger partial charge in [0, 0.05) is 113 Å². The zero-order valence-corrected chi connectivity index (χ0v) is 41.4. The molecule has 0 fully saturated rings. The average Bonchev–Trinajstić information content (AvgIpc) is 3.21. The Morgan fingerprint density at radius 2 is 0.453 bits per heavy atom. The number of hydrogen-bond acceptors (Lipinski definition) is 21. The molecule has 28 heteroatoms. The Bertz CT molecular complexity index is 803. The number of hydrogen-bond donors (Lipinski definition) is 0. The lowest BCUT2D eigenvalue weighted by molar-refractivity contribution is -0.0519. The number of unbranched alkanes of at least 4 members (excludes halogenated alkanes) is 7. The van der Waals surface area contributed by atoms with E-state index >= 15 is 0 Å². The first-order chi connectivity index (χ1) is 25.2. The Morgan fingerprint density at radius 1 is 0.245 bits per heavy atom. The fraction of sp³-hybridized carbons (Fsp3) is 1.00. The molecule has 0 radical (unpaired) electrons. The van der Waals surface area contributed by atoms with Crippen LogP contribution < -0.4 is 0 Å². The Hall–Kier alpha value is 0.678. The summed E-state index contributed by atoms with van der Waals surface area (Å²) in [5.74, 6) is 0. The van der Waals surface area contributed by atoms with Gasteiger partial charge < -0.3 is 91.1 Å². The quantitative estimate of drug-likeness (QED) is 0.0657. The maximum absolute atomic E-state index is 6.83. The van der Waals surface area contributed by atoms with Crippen molar-refractivity contribution in [3.8, 4) is 0 Å². The summed E-state index contributed by atoms with van der Waals surface area (Å²) in [6, 6.07) is 0.00690. The first-order valence-corrected chi connectivity index (χ1v) is 28.4. The molecule has 0 saturated carbocycles. The van der Waals surface area contributed by atoms with Crippen molar-refractivity contribution in [3.05, 3.63) is 0 Å². The Balaban J connectivity index is 7.85. The van der Waals surface area contributed by atoms with Gasteiger partial charge in [0.2, 0.25) is 0 Å². The molecule has 53 heavy (non-hydrogen) atoms. The van der Waals surface area contributed by atoms with Crippen LogP contribution in [0, 0.1) is 0 Å². The minimum atomic E-state index is -4.70. The third-order valence-corrected chi connectivity index (χ3v) is 28.9. The number of rotatable bonds is 36. The predicted molar refractivity (Wildman–Crippen MR) is 199 cm³/mol. The van der Waals surface area contributed by atoms with Gasteiger partial charge in [-0.1, -0.05) is 51.9 Å². The molecular weight excluding hydrogens is 833 g/mol. The highest BCUT2D eigenvalue weighted by molar-refractivity contribution is 6.85. The normalized spacial score (nSPS) is 14.0. The maximum atomic E-state index is 6.83. The van der Waals surface area contributed by atoms with Crippen LogP contribution in [0.25, 0.3) is 0 Å². The summed E-state index contributed by atoms with van der Waals surface area (Å²) in [7, 11) is -10.5. The van der Waals surface area contributed by atoms with Crippen LogP contribution in [-0.2, 0) is 91.1 Å². The van der Waals surface area contributed by atoms with Crippen molar-refractivity contribution in [1.29, 1.82) is 0 Å². The van der Waals surface area contributed by atoms with E-state index in [9.17, 15) is 0 Å². The smallest absolute Gasteiger partial charge is 0.355 e. The zero-order valence-electron chi connectivity index (χ0n) is 34.4. The molecule has 0 unspecified atom stereocenters. The van der Waals surface area contributed by atoms with Crippen LogP contribution in [0.15, 0.2) is 0 Å². The summed E-state index contributed by atoms with van der Waals surface area (Å²) in [4.78, 5) is 0. The van der Waals surface area contributed by atoms with E-state index in [2.05, 4.69) is 6.92 Å². The molecule has 320 valence electrons. The van der Waals surface area contributed by atoms with Gasteiger partial charge in [-0.3, -0.25) is 0 Å². The lowest BCUT2D eigenvalue weighted by Crippen LogP contribution is -2.73. The lowest BCUT2D eigenvalue weighted by Gasteiger charge is -2.44. The summed E-state index contributed by atoms with van der Waals surface area (Å²) in [6.45, 7) is 2.17. The molecule has 0 aliphatic carbocycles. The molecule has 0 amide bonds. The van der Waals surface area contributed by atoms with E-state index in [1.165, 1.54) is 113 Å². The van der Waals surface area contributed by atoms with E-state index in [-0.39, 0.29) is 6.04 Å². The second kappa shape index (κ2) is 26.6. The zero-order chi connectivity index (χ0) is 40.7. The molecule has 21 nitrogen and oxygen atoms in total. The van der Waals surface area contributed by atoms with Gasteiger partial charge in [0.15, 0.2) is 0 Å². The molecule has 0 bridgehead atoms. The molecule has 0 atom stereocenters. The van der Waals surface area contributed by atoms with Crippen LogP contribution in [0.2, 0.25) is 6.04 Å². The third kappa shape index (κ3) is 15.8. The van der Waals surface area contributed by atoms with Crippen molar-refractivity contribution < 1.29 is 91.1 Å². The van der Waals surface area contributed by atoms with E-state index < -0.39 is 63.1 Å². The second-order valence-electron chi connectivity index (χ2n) is 10.6. The van der Waals surface area contributed by atoms with Gasteiger partial charge >= 0.3 is 63.1 Å². The minimum absolute atomic E-state index is 0.00690.